The van der Waals surface area contributed by atoms with E-state index in [0.29, 0.717) is 6.67 Å². The number of pyridine rings is 1. The van der Waals surface area contributed by atoms with E-state index in [1.165, 1.54) is 55.5 Å². The summed E-state index contributed by atoms with van der Waals surface area (Å²) in [5.41, 5.74) is 11.8. The molecule has 0 atom stereocenters. The Morgan fingerprint density at radius 1 is 0.508 bits per heavy atom. The van der Waals surface area contributed by atoms with Crippen molar-refractivity contribution < 1.29 is 4.74 Å². The van der Waals surface area contributed by atoms with Gasteiger partial charge in [-0.05, 0) is 87.5 Å². The van der Waals surface area contributed by atoms with Crippen molar-refractivity contribution in [3.8, 4) is 28.4 Å². The molecule has 0 spiro atoms. The molecular weight excluding hydrogens is 721 g/mol. The maximum atomic E-state index is 6.79. The summed E-state index contributed by atoms with van der Waals surface area (Å²) in [7, 11) is 0. The Kier molecular flexibility index (Phi) is 8.61. The van der Waals surface area contributed by atoms with E-state index in [4.69, 9.17) is 9.72 Å². The van der Waals surface area contributed by atoms with Crippen molar-refractivity contribution in [2.24, 2.45) is 0 Å². The Balaban J connectivity index is 1.07. The molecular formula is C54H48N4O. The minimum absolute atomic E-state index is 0.00441. The van der Waals surface area contributed by atoms with Gasteiger partial charge in [0.15, 0.2) is 0 Å². The van der Waals surface area contributed by atoms with Crippen LogP contribution < -0.4 is 14.5 Å². The molecule has 0 unspecified atom stereocenters. The summed E-state index contributed by atoms with van der Waals surface area (Å²) in [5, 5.41) is 4.78. The predicted octanol–water partition coefficient (Wildman–Crippen LogP) is 14.6. The number of ether oxygens (including phenoxy) is 1. The fourth-order valence-electron chi connectivity index (χ4n) is 8.65. The number of rotatable bonds is 6. The van der Waals surface area contributed by atoms with Gasteiger partial charge in [0.05, 0.1) is 28.1 Å². The standard InChI is InChI=1S/C54H48N4O/c1-53(2,3)38-24-26-43(36-15-8-7-9-16-36)49(31-38)57-35-56(52-44-20-11-10-17-37(44)23-28-48(52)57)40-18-14-19-41(33-40)59-42-25-27-46-45-21-12-13-22-47(45)58(50(46)34-42)51-32-39(29-30-55-51)54(4,5)6/h7-34H,35H2,1-6H3. The van der Waals surface area contributed by atoms with Gasteiger partial charge in [0.25, 0.3) is 0 Å². The average molecular weight is 769 g/mol. The molecule has 2 aromatic heterocycles. The number of hydrogen-bond acceptors (Lipinski definition) is 4. The molecule has 0 N–H and O–H groups in total. The van der Waals surface area contributed by atoms with E-state index in [9.17, 15) is 0 Å². The number of fused-ring (bicyclic) bond motifs is 6. The van der Waals surface area contributed by atoms with Crippen LogP contribution in [0.25, 0.3) is 49.5 Å². The average Bonchev–Trinajstić information content (AvgIpc) is 3.80. The second-order valence-corrected chi connectivity index (χ2v) is 17.8. The Morgan fingerprint density at radius 3 is 2.03 bits per heavy atom. The van der Waals surface area contributed by atoms with Gasteiger partial charge in [-0.3, -0.25) is 4.57 Å². The predicted molar refractivity (Wildman–Crippen MR) is 247 cm³/mol. The Morgan fingerprint density at radius 2 is 1.22 bits per heavy atom. The van der Waals surface area contributed by atoms with Crippen LogP contribution in [0.2, 0.25) is 0 Å². The van der Waals surface area contributed by atoms with Gasteiger partial charge >= 0.3 is 0 Å². The zero-order valence-corrected chi connectivity index (χ0v) is 34.6. The molecule has 59 heavy (non-hydrogen) atoms. The summed E-state index contributed by atoms with van der Waals surface area (Å²) in [5.74, 6) is 2.44. The lowest BCUT2D eigenvalue weighted by Gasteiger charge is -2.27. The molecule has 0 radical (unpaired) electrons. The zero-order valence-electron chi connectivity index (χ0n) is 34.6. The Labute approximate surface area is 346 Å². The maximum absolute atomic E-state index is 6.79. The molecule has 5 nitrogen and oxygen atoms in total. The number of para-hydroxylation sites is 1. The van der Waals surface area contributed by atoms with Crippen molar-refractivity contribution >= 4 is 55.3 Å². The molecule has 0 saturated heterocycles. The summed E-state index contributed by atoms with van der Waals surface area (Å²) in [4.78, 5) is 9.82. The first-order valence-electron chi connectivity index (χ1n) is 20.6. The topological polar surface area (TPSA) is 33.5 Å². The van der Waals surface area contributed by atoms with Gasteiger partial charge in [0.2, 0.25) is 0 Å². The summed E-state index contributed by atoms with van der Waals surface area (Å²) in [6.07, 6.45) is 1.92. The molecule has 3 heterocycles. The highest BCUT2D eigenvalue weighted by atomic mass is 16.5. The molecule has 9 aromatic rings. The Hall–Kier alpha value is -6.85. The van der Waals surface area contributed by atoms with E-state index in [0.717, 1.165) is 39.4 Å². The van der Waals surface area contributed by atoms with Crippen LogP contribution in [0.4, 0.5) is 22.7 Å². The van der Waals surface area contributed by atoms with Gasteiger partial charge < -0.3 is 14.5 Å². The van der Waals surface area contributed by atoms with Gasteiger partial charge in [0, 0.05) is 45.7 Å². The lowest BCUT2D eigenvalue weighted by molar-refractivity contribution is 0.483. The maximum Gasteiger partial charge on any atom is 0.137 e. The van der Waals surface area contributed by atoms with E-state index in [2.05, 4.69) is 220 Å². The van der Waals surface area contributed by atoms with Crippen molar-refractivity contribution in [1.29, 1.82) is 0 Å². The third-order valence-corrected chi connectivity index (χ3v) is 11.8. The first-order valence-corrected chi connectivity index (χ1v) is 20.6. The van der Waals surface area contributed by atoms with Gasteiger partial charge in [-0.25, -0.2) is 4.98 Å². The SMILES string of the molecule is CC(C)(C)c1ccnc(-n2c3ccccc3c3ccc(Oc4cccc(N5CN(c6cc(C(C)(C)C)ccc6-c6ccccc6)c6ccc7ccccc7c65)c4)cc32)c1. The van der Waals surface area contributed by atoms with Crippen molar-refractivity contribution in [2.75, 3.05) is 16.5 Å². The highest BCUT2D eigenvalue weighted by molar-refractivity contribution is 6.10. The van der Waals surface area contributed by atoms with Crippen LogP contribution in [-0.2, 0) is 10.8 Å². The number of benzene rings is 7. The number of nitrogens with zero attached hydrogens (tertiary/aromatic N) is 4. The molecule has 290 valence electrons. The number of aromatic nitrogens is 2. The number of hydrogen-bond donors (Lipinski definition) is 0. The monoisotopic (exact) mass is 768 g/mol. The van der Waals surface area contributed by atoms with Gasteiger partial charge in [-0.1, -0.05) is 139 Å². The number of anilines is 4. The summed E-state index contributed by atoms with van der Waals surface area (Å²) in [6.45, 7) is 14.2. The summed E-state index contributed by atoms with van der Waals surface area (Å²) >= 11 is 0. The van der Waals surface area contributed by atoms with Crippen molar-refractivity contribution in [3.05, 3.63) is 181 Å². The minimum Gasteiger partial charge on any atom is -0.457 e. The highest BCUT2D eigenvalue weighted by Gasteiger charge is 2.32. The molecule has 1 aliphatic heterocycles. The van der Waals surface area contributed by atoms with E-state index < -0.39 is 0 Å². The minimum atomic E-state index is -0.00832. The van der Waals surface area contributed by atoms with Crippen LogP contribution in [-0.4, -0.2) is 16.2 Å². The molecule has 0 aliphatic carbocycles. The first-order chi connectivity index (χ1) is 28.5. The van der Waals surface area contributed by atoms with E-state index in [-0.39, 0.29) is 10.8 Å². The van der Waals surface area contributed by atoms with Crippen LogP contribution >= 0.6 is 0 Å². The highest BCUT2D eigenvalue weighted by Crippen LogP contribution is 2.51. The lowest BCUT2D eigenvalue weighted by Crippen LogP contribution is -2.25. The Bertz CT molecular complexity index is 3040. The molecule has 0 saturated carbocycles. The second kappa shape index (κ2) is 13.9. The molecule has 5 heteroatoms. The van der Waals surface area contributed by atoms with Crippen molar-refractivity contribution in [1.82, 2.24) is 9.55 Å². The van der Waals surface area contributed by atoms with Crippen molar-refractivity contribution in [3.63, 3.8) is 0 Å². The van der Waals surface area contributed by atoms with Crippen LogP contribution in [0.1, 0.15) is 52.7 Å². The zero-order chi connectivity index (χ0) is 40.5. The van der Waals surface area contributed by atoms with Crippen LogP contribution in [0.3, 0.4) is 0 Å². The van der Waals surface area contributed by atoms with Gasteiger partial charge in [0.1, 0.15) is 24.0 Å². The molecule has 0 fully saturated rings. The van der Waals surface area contributed by atoms with Crippen LogP contribution in [0.5, 0.6) is 11.5 Å². The summed E-state index contributed by atoms with van der Waals surface area (Å²) < 4.78 is 9.06. The van der Waals surface area contributed by atoms with E-state index >= 15 is 0 Å². The third kappa shape index (κ3) is 6.47. The largest absolute Gasteiger partial charge is 0.457 e. The fraction of sp³-hybridized carbons (Fsp3) is 0.167. The lowest BCUT2D eigenvalue weighted by atomic mass is 9.85. The second-order valence-electron chi connectivity index (χ2n) is 17.8. The van der Waals surface area contributed by atoms with Gasteiger partial charge in [-0.2, -0.15) is 0 Å². The van der Waals surface area contributed by atoms with E-state index in [1.807, 2.05) is 6.20 Å². The molecule has 1 aliphatic rings. The fourth-order valence-corrected chi connectivity index (χ4v) is 8.65. The molecule has 10 rings (SSSR count). The van der Waals surface area contributed by atoms with Gasteiger partial charge in [-0.15, -0.1) is 0 Å². The molecule has 0 amide bonds. The summed E-state index contributed by atoms with van der Waals surface area (Å²) in [6, 6.07) is 58.8. The van der Waals surface area contributed by atoms with Crippen LogP contribution in [0, 0.1) is 0 Å². The molecule has 7 aromatic carbocycles. The normalized spacial score (nSPS) is 13.1. The molecule has 0 bridgehead atoms. The third-order valence-electron chi connectivity index (χ3n) is 11.8. The smallest absolute Gasteiger partial charge is 0.137 e. The van der Waals surface area contributed by atoms with E-state index in [1.54, 1.807) is 0 Å². The van der Waals surface area contributed by atoms with Crippen molar-refractivity contribution in [2.45, 2.75) is 52.4 Å². The van der Waals surface area contributed by atoms with Crippen LogP contribution in [0.15, 0.2) is 170 Å². The quantitative estimate of drug-likeness (QED) is 0.169. The first kappa shape index (κ1) is 36.5.